The number of fused-ring (bicyclic) bond motifs is 2. The second kappa shape index (κ2) is 11.5. The lowest BCUT2D eigenvalue weighted by Gasteiger charge is -2.27. The van der Waals surface area contributed by atoms with Gasteiger partial charge >= 0.3 is 0 Å². The third-order valence-electron chi connectivity index (χ3n) is 10.3. The van der Waals surface area contributed by atoms with E-state index < -0.39 is 0 Å². The van der Waals surface area contributed by atoms with Crippen LogP contribution < -0.4 is 10.2 Å². The molecule has 1 saturated heterocycles. The zero-order valence-electron chi connectivity index (χ0n) is 27.8. The van der Waals surface area contributed by atoms with Crippen molar-refractivity contribution < 1.29 is 8.97 Å². The molecule has 1 aliphatic carbocycles. The van der Waals surface area contributed by atoms with Crippen LogP contribution in [0.4, 0.5) is 15.8 Å². The van der Waals surface area contributed by atoms with Gasteiger partial charge in [0.25, 0.3) is 0 Å². The summed E-state index contributed by atoms with van der Waals surface area (Å²) in [6.45, 7) is 17.5. The van der Waals surface area contributed by atoms with Gasteiger partial charge in [0.05, 0.1) is 10.8 Å². The van der Waals surface area contributed by atoms with Crippen LogP contribution in [0, 0.1) is 24.6 Å². The minimum Gasteiger partial charge on any atom is -0.347 e. The Kier molecular flexibility index (Phi) is 7.94. The summed E-state index contributed by atoms with van der Waals surface area (Å²) in [5.41, 5.74) is 10.8. The van der Waals surface area contributed by atoms with E-state index in [-0.39, 0.29) is 16.6 Å². The van der Waals surface area contributed by atoms with Crippen molar-refractivity contribution in [3.05, 3.63) is 118 Å². The Morgan fingerprint density at radius 1 is 1.07 bits per heavy atom. The van der Waals surface area contributed by atoms with Crippen molar-refractivity contribution >= 4 is 17.1 Å². The van der Waals surface area contributed by atoms with Crippen molar-refractivity contribution in [3.8, 4) is 0 Å². The van der Waals surface area contributed by atoms with Crippen molar-refractivity contribution in [1.29, 1.82) is 0 Å². The standard InChI is InChI=1S/C40H49FN3/c1-9-44-36-17-15-31(41)23-33(36)39(6,19-18-29-13-10-27(4)11-14-29)38(44)22-30(34-25-42-34)21-37-40(7,24-26(2)3)32-20-28(5)12-16-35(32)43(37)8/h10-17,20-24,27,29,34,42H,9,18-19,25H2,1-8H3/q+1/t27?,29?,34-,39?,40?/m1/s1. The first-order valence-electron chi connectivity index (χ1n) is 16.4. The number of allylic oxidation sites excluding steroid dienone is 7. The molecule has 3 heterocycles. The molecule has 1 N–H and O–H groups in total. The fourth-order valence-electron chi connectivity index (χ4n) is 7.81. The largest absolute Gasteiger partial charge is 0.347 e. The van der Waals surface area contributed by atoms with Crippen LogP contribution in [0.2, 0.25) is 0 Å². The van der Waals surface area contributed by atoms with E-state index >= 15 is 0 Å². The van der Waals surface area contributed by atoms with E-state index in [0.29, 0.717) is 17.9 Å². The predicted octanol–water partition coefficient (Wildman–Crippen LogP) is 8.82. The average molecular weight is 591 g/mol. The van der Waals surface area contributed by atoms with Crippen LogP contribution in [0.3, 0.4) is 0 Å². The molecule has 0 radical (unpaired) electrons. The second-order valence-electron chi connectivity index (χ2n) is 14.1. The summed E-state index contributed by atoms with van der Waals surface area (Å²) in [7, 11) is 2.21. The van der Waals surface area contributed by atoms with E-state index in [4.69, 9.17) is 0 Å². The number of nitrogens with zero attached hydrogens (tertiary/aromatic N) is 2. The Bertz CT molecular complexity index is 1650. The maximum atomic E-state index is 14.9. The van der Waals surface area contributed by atoms with E-state index in [0.717, 1.165) is 37.2 Å². The highest BCUT2D eigenvalue weighted by atomic mass is 19.1. The average Bonchev–Trinajstić information content (AvgIpc) is 3.77. The van der Waals surface area contributed by atoms with Crippen LogP contribution in [0.5, 0.6) is 0 Å². The smallest absolute Gasteiger partial charge is 0.209 e. The quantitative estimate of drug-likeness (QED) is 0.189. The normalized spacial score (nSPS) is 29.8. The molecule has 0 saturated carbocycles. The lowest BCUT2D eigenvalue weighted by molar-refractivity contribution is -0.433. The highest BCUT2D eigenvalue weighted by molar-refractivity contribution is 6.04. The second-order valence-corrected chi connectivity index (χ2v) is 14.1. The van der Waals surface area contributed by atoms with Gasteiger partial charge < -0.3 is 10.2 Å². The topological polar surface area (TPSA) is 28.2 Å². The van der Waals surface area contributed by atoms with Crippen molar-refractivity contribution in [1.82, 2.24) is 5.32 Å². The van der Waals surface area contributed by atoms with E-state index in [9.17, 15) is 4.39 Å². The molecule has 230 valence electrons. The molecule has 0 aromatic heterocycles. The lowest BCUT2D eigenvalue weighted by Crippen LogP contribution is -2.32. The molecule has 0 bridgehead atoms. The molecule has 0 spiro atoms. The number of rotatable bonds is 8. The molecule has 3 aliphatic heterocycles. The van der Waals surface area contributed by atoms with E-state index in [2.05, 4.69) is 131 Å². The van der Waals surface area contributed by atoms with Crippen molar-refractivity contribution in [3.63, 3.8) is 0 Å². The number of hydrogen-bond acceptors (Lipinski definition) is 2. The van der Waals surface area contributed by atoms with Gasteiger partial charge in [-0.05, 0) is 102 Å². The number of anilines is 1. The van der Waals surface area contributed by atoms with Crippen molar-refractivity contribution in [2.45, 2.75) is 78.2 Å². The highest BCUT2D eigenvalue weighted by Crippen LogP contribution is 2.50. The van der Waals surface area contributed by atoms with Gasteiger partial charge in [0, 0.05) is 48.7 Å². The van der Waals surface area contributed by atoms with Gasteiger partial charge in [-0.15, -0.1) is 0 Å². The van der Waals surface area contributed by atoms with Crippen LogP contribution in [0.15, 0.2) is 95.8 Å². The number of hydrogen-bond donors (Lipinski definition) is 1. The number of likely N-dealkylation sites (N-methyl/N-ethyl adjacent to an activating group) is 1. The first kappa shape index (κ1) is 30.5. The van der Waals surface area contributed by atoms with Gasteiger partial charge in [-0.3, -0.25) is 0 Å². The van der Waals surface area contributed by atoms with Crippen LogP contribution in [0.1, 0.15) is 71.1 Å². The van der Waals surface area contributed by atoms with Gasteiger partial charge in [0.2, 0.25) is 5.69 Å². The summed E-state index contributed by atoms with van der Waals surface area (Å²) in [6.07, 6.45) is 18.6. The lowest BCUT2D eigenvalue weighted by atomic mass is 9.73. The van der Waals surface area contributed by atoms with Gasteiger partial charge in [-0.1, -0.05) is 60.6 Å². The number of nitrogens with one attached hydrogen (secondary N) is 1. The SMILES string of the molecule is CC[N+]1=C(/C=C(/C=C2\N(C)c3ccc(C)cc3C2(C)C=C(C)C)[C@H]2CN2)C(C)(CCC2C=CC(C)C=C2)c2cc(F)ccc21. The predicted molar refractivity (Wildman–Crippen MR) is 184 cm³/mol. The molecule has 2 aromatic rings. The summed E-state index contributed by atoms with van der Waals surface area (Å²) >= 11 is 0. The van der Waals surface area contributed by atoms with Crippen LogP contribution in [-0.2, 0) is 10.8 Å². The van der Waals surface area contributed by atoms with Crippen LogP contribution in [0.25, 0.3) is 0 Å². The minimum atomic E-state index is -0.304. The van der Waals surface area contributed by atoms with Crippen LogP contribution in [-0.4, -0.2) is 36.5 Å². The van der Waals surface area contributed by atoms with E-state index in [1.165, 1.54) is 39.4 Å². The van der Waals surface area contributed by atoms with Crippen molar-refractivity contribution in [2.75, 3.05) is 25.0 Å². The summed E-state index contributed by atoms with van der Waals surface area (Å²) < 4.78 is 17.3. The summed E-state index contributed by atoms with van der Waals surface area (Å²) in [5.74, 6) is 0.740. The number of halogens is 1. The summed E-state index contributed by atoms with van der Waals surface area (Å²) in [5, 5.41) is 3.62. The fraction of sp³-hybridized carbons (Fsp3) is 0.425. The molecular weight excluding hydrogens is 541 g/mol. The molecule has 4 heteroatoms. The van der Waals surface area contributed by atoms with Crippen molar-refractivity contribution in [2.24, 2.45) is 11.8 Å². The molecule has 3 nitrogen and oxygen atoms in total. The third kappa shape index (κ3) is 5.36. The Labute approximate surface area is 264 Å². The first-order valence-corrected chi connectivity index (χ1v) is 16.4. The number of aryl methyl sites for hydroxylation is 1. The molecular formula is C40H49FN3+. The number of benzene rings is 2. The Morgan fingerprint density at radius 2 is 1.80 bits per heavy atom. The maximum absolute atomic E-state index is 14.9. The molecule has 44 heavy (non-hydrogen) atoms. The minimum absolute atomic E-state index is 0.160. The van der Waals surface area contributed by atoms with Crippen LogP contribution >= 0.6 is 0 Å². The molecule has 6 rings (SSSR count). The van der Waals surface area contributed by atoms with Gasteiger partial charge in [-0.25, -0.2) is 4.39 Å². The van der Waals surface area contributed by atoms with Gasteiger partial charge in [-0.2, -0.15) is 4.58 Å². The molecule has 3 atom stereocenters. The zero-order valence-corrected chi connectivity index (χ0v) is 27.8. The molecule has 4 aliphatic rings. The third-order valence-corrected chi connectivity index (χ3v) is 10.3. The fourth-order valence-corrected chi connectivity index (χ4v) is 7.81. The monoisotopic (exact) mass is 590 g/mol. The molecule has 1 fully saturated rings. The summed E-state index contributed by atoms with van der Waals surface area (Å²) in [6, 6.07) is 12.5. The van der Waals surface area contributed by atoms with Gasteiger partial charge in [0.1, 0.15) is 12.4 Å². The van der Waals surface area contributed by atoms with E-state index in [1.54, 1.807) is 12.1 Å². The Hall–Kier alpha value is -3.50. The Balaban J connectivity index is 1.48. The maximum Gasteiger partial charge on any atom is 0.209 e. The molecule has 2 aromatic carbocycles. The Morgan fingerprint density at radius 3 is 2.45 bits per heavy atom. The highest BCUT2D eigenvalue weighted by Gasteiger charge is 2.48. The molecule has 0 amide bonds. The van der Waals surface area contributed by atoms with E-state index in [1.807, 2.05) is 6.07 Å². The van der Waals surface area contributed by atoms with Gasteiger partial charge in [0.15, 0.2) is 5.71 Å². The summed E-state index contributed by atoms with van der Waals surface area (Å²) in [4.78, 5) is 2.38. The first-order chi connectivity index (χ1) is 20.9. The zero-order chi connectivity index (χ0) is 31.4. The molecule has 2 unspecified atom stereocenters.